The molecule has 1 amide bonds. The van der Waals surface area contributed by atoms with Gasteiger partial charge in [0.25, 0.3) is 0 Å². The molecule has 6 nitrogen and oxygen atoms in total. The minimum atomic E-state index is -4.02. The lowest BCUT2D eigenvalue weighted by Gasteiger charge is -2.10. The van der Waals surface area contributed by atoms with Gasteiger partial charge < -0.3 is 10.1 Å². The van der Waals surface area contributed by atoms with Crippen molar-refractivity contribution in [3.63, 3.8) is 0 Å². The summed E-state index contributed by atoms with van der Waals surface area (Å²) in [6, 6.07) is 6.37. The first kappa shape index (κ1) is 19.1. The second-order valence-electron chi connectivity index (χ2n) is 4.79. The highest BCUT2D eigenvalue weighted by Crippen LogP contribution is 2.26. The van der Waals surface area contributed by atoms with E-state index in [1.165, 1.54) is 25.3 Å². The Morgan fingerprint density at radius 3 is 2.52 bits per heavy atom. The molecule has 0 saturated heterocycles. The predicted octanol–water partition coefficient (Wildman–Crippen LogP) is 2.54. The second kappa shape index (κ2) is 7.77. The summed E-state index contributed by atoms with van der Waals surface area (Å²) < 4.78 is 57.5. The molecule has 0 radical (unpaired) electrons. The van der Waals surface area contributed by atoms with Crippen LogP contribution in [0.4, 0.5) is 14.5 Å². The Labute approximate surface area is 147 Å². The summed E-state index contributed by atoms with van der Waals surface area (Å²) in [4.78, 5) is 11.6. The zero-order chi connectivity index (χ0) is 18.6. The smallest absolute Gasteiger partial charge is 0.241 e. The van der Waals surface area contributed by atoms with Crippen LogP contribution >= 0.6 is 11.6 Å². The number of halogens is 3. The molecular weight excluding hydrogens is 378 g/mol. The molecule has 0 unspecified atom stereocenters. The molecule has 0 aliphatic rings. The van der Waals surface area contributed by atoms with Crippen molar-refractivity contribution in [2.24, 2.45) is 0 Å². The molecule has 2 aromatic rings. The van der Waals surface area contributed by atoms with Crippen molar-refractivity contribution < 1.29 is 26.7 Å². The zero-order valence-electron chi connectivity index (χ0n) is 12.8. The van der Waals surface area contributed by atoms with E-state index in [0.29, 0.717) is 11.8 Å². The fraction of sp³-hybridized carbons (Fsp3) is 0.133. The van der Waals surface area contributed by atoms with Crippen molar-refractivity contribution in [2.75, 3.05) is 19.0 Å². The van der Waals surface area contributed by atoms with Gasteiger partial charge in [0, 0.05) is 6.07 Å². The Bertz CT molecular complexity index is 906. The number of methoxy groups -OCH3 is 1. The van der Waals surface area contributed by atoms with Crippen LogP contribution in [0.3, 0.4) is 0 Å². The van der Waals surface area contributed by atoms with Gasteiger partial charge in [-0.2, -0.15) is 0 Å². The number of hydrogen-bond acceptors (Lipinski definition) is 4. The van der Waals surface area contributed by atoms with Crippen molar-refractivity contribution in [3.05, 3.63) is 53.1 Å². The van der Waals surface area contributed by atoms with Gasteiger partial charge in [-0.3, -0.25) is 4.79 Å². The van der Waals surface area contributed by atoms with E-state index in [1.807, 2.05) is 0 Å². The van der Waals surface area contributed by atoms with Gasteiger partial charge in [0.05, 0.1) is 29.3 Å². The van der Waals surface area contributed by atoms with Crippen molar-refractivity contribution in [3.8, 4) is 5.75 Å². The average molecular weight is 391 g/mol. The summed E-state index contributed by atoms with van der Waals surface area (Å²) >= 11 is 5.87. The number of carbonyl (C=O) groups is 1. The summed E-state index contributed by atoms with van der Waals surface area (Å²) in [5.74, 6) is -2.30. The molecule has 0 saturated carbocycles. The monoisotopic (exact) mass is 390 g/mol. The van der Waals surface area contributed by atoms with Gasteiger partial charge in [-0.05, 0) is 30.3 Å². The van der Waals surface area contributed by atoms with Crippen molar-refractivity contribution in [1.29, 1.82) is 0 Å². The molecular formula is C15H13ClF2N2O4S. The Morgan fingerprint density at radius 2 is 1.92 bits per heavy atom. The molecule has 134 valence electrons. The molecule has 0 bridgehead atoms. The first-order valence-corrected chi connectivity index (χ1v) is 8.67. The van der Waals surface area contributed by atoms with Crippen LogP contribution in [0.1, 0.15) is 0 Å². The summed E-state index contributed by atoms with van der Waals surface area (Å²) in [7, 11) is -2.64. The molecule has 25 heavy (non-hydrogen) atoms. The van der Waals surface area contributed by atoms with Crippen LogP contribution in [-0.2, 0) is 14.8 Å². The third kappa shape index (κ3) is 4.88. The third-order valence-corrected chi connectivity index (χ3v) is 4.76. The largest absolute Gasteiger partial charge is 0.495 e. The molecule has 10 heteroatoms. The van der Waals surface area contributed by atoms with Crippen LogP contribution in [0.5, 0.6) is 5.75 Å². The number of sulfonamides is 1. The Hall–Kier alpha value is -2.23. The van der Waals surface area contributed by atoms with E-state index in [1.54, 1.807) is 0 Å². The molecule has 0 aliphatic heterocycles. The van der Waals surface area contributed by atoms with Gasteiger partial charge in [-0.1, -0.05) is 11.6 Å². The number of rotatable bonds is 6. The zero-order valence-corrected chi connectivity index (χ0v) is 14.4. The molecule has 0 spiro atoms. The molecule has 2 rings (SSSR count). The average Bonchev–Trinajstić information content (AvgIpc) is 2.55. The van der Waals surface area contributed by atoms with E-state index in [0.717, 1.165) is 12.1 Å². The maximum absolute atomic E-state index is 13.4. The van der Waals surface area contributed by atoms with Crippen LogP contribution in [0.2, 0.25) is 5.02 Å². The van der Waals surface area contributed by atoms with Crippen molar-refractivity contribution >= 4 is 33.2 Å². The highest BCUT2D eigenvalue weighted by atomic mass is 35.5. The van der Waals surface area contributed by atoms with Gasteiger partial charge in [-0.15, -0.1) is 0 Å². The Kier molecular flexibility index (Phi) is 5.93. The first-order valence-electron chi connectivity index (χ1n) is 6.81. The summed E-state index contributed by atoms with van der Waals surface area (Å²) in [6.07, 6.45) is 0. The van der Waals surface area contributed by atoms with Crippen molar-refractivity contribution in [1.82, 2.24) is 4.72 Å². The number of hydrogen-bond donors (Lipinski definition) is 2. The van der Waals surface area contributed by atoms with Gasteiger partial charge in [0.1, 0.15) is 17.4 Å². The van der Waals surface area contributed by atoms with Crippen molar-refractivity contribution in [2.45, 2.75) is 4.90 Å². The lowest BCUT2D eigenvalue weighted by molar-refractivity contribution is -0.115. The summed E-state index contributed by atoms with van der Waals surface area (Å²) in [6.45, 7) is -0.650. The lowest BCUT2D eigenvalue weighted by atomic mass is 10.3. The van der Waals surface area contributed by atoms with Crippen LogP contribution in [0, 0.1) is 11.6 Å². The third-order valence-electron chi connectivity index (χ3n) is 3.06. The van der Waals surface area contributed by atoms with E-state index in [4.69, 9.17) is 16.3 Å². The minimum absolute atomic E-state index is 0.0863. The fourth-order valence-corrected chi connectivity index (χ4v) is 3.17. The van der Waals surface area contributed by atoms with Crippen LogP contribution in [0.25, 0.3) is 0 Å². The Balaban J connectivity index is 2.03. The summed E-state index contributed by atoms with van der Waals surface area (Å²) in [5.41, 5.74) is -0.266. The maximum Gasteiger partial charge on any atom is 0.241 e. The quantitative estimate of drug-likeness (QED) is 0.793. The molecule has 0 fully saturated rings. The van der Waals surface area contributed by atoms with E-state index < -0.39 is 34.1 Å². The predicted molar refractivity (Wildman–Crippen MR) is 88.2 cm³/mol. The number of anilines is 1. The van der Waals surface area contributed by atoms with Gasteiger partial charge in [0.2, 0.25) is 15.9 Å². The van der Waals surface area contributed by atoms with Crippen LogP contribution in [0.15, 0.2) is 41.3 Å². The maximum atomic E-state index is 13.4. The Morgan fingerprint density at radius 1 is 1.20 bits per heavy atom. The number of amides is 1. The molecule has 0 aliphatic carbocycles. The molecule has 0 heterocycles. The van der Waals surface area contributed by atoms with Gasteiger partial charge in [-0.25, -0.2) is 21.9 Å². The minimum Gasteiger partial charge on any atom is -0.495 e. The van der Waals surface area contributed by atoms with E-state index >= 15 is 0 Å². The molecule has 2 N–H and O–H groups in total. The SMILES string of the molecule is COc1ccc(S(=O)(=O)NCC(=O)Nc2ccc(F)cc2F)cc1Cl. The molecule has 0 atom stereocenters. The van der Waals surface area contributed by atoms with E-state index in [9.17, 15) is 22.0 Å². The highest BCUT2D eigenvalue weighted by Gasteiger charge is 2.18. The summed E-state index contributed by atoms with van der Waals surface area (Å²) in [5, 5.41) is 2.22. The second-order valence-corrected chi connectivity index (χ2v) is 6.97. The van der Waals surface area contributed by atoms with E-state index in [-0.39, 0.29) is 15.6 Å². The number of benzene rings is 2. The fourth-order valence-electron chi connectivity index (χ4n) is 1.84. The van der Waals surface area contributed by atoms with Crippen LogP contribution in [-0.4, -0.2) is 28.0 Å². The normalized spacial score (nSPS) is 11.2. The number of carbonyl (C=O) groups excluding carboxylic acids is 1. The topological polar surface area (TPSA) is 84.5 Å². The standard InChI is InChI=1S/C15H13ClF2N2O4S/c1-24-14-5-3-10(7-11(14)16)25(22,23)19-8-15(21)20-13-4-2-9(17)6-12(13)18/h2-7,19H,8H2,1H3,(H,20,21). The highest BCUT2D eigenvalue weighted by molar-refractivity contribution is 7.89. The molecule has 0 aromatic heterocycles. The lowest BCUT2D eigenvalue weighted by Crippen LogP contribution is -2.33. The molecule has 2 aromatic carbocycles. The first-order chi connectivity index (χ1) is 11.7. The van der Waals surface area contributed by atoms with Gasteiger partial charge in [0.15, 0.2) is 0 Å². The van der Waals surface area contributed by atoms with Crippen LogP contribution < -0.4 is 14.8 Å². The number of ether oxygens (including phenoxy) is 1. The van der Waals surface area contributed by atoms with E-state index in [2.05, 4.69) is 10.0 Å². The van der Waals surface area contributed by atoms with Gasteiger partial charge >= 0.3 is 0 Å². The number of nitrogens with one attached hydrogen (secondary N) is 2.